The summed E-state index contributed by atoms with van der Waals surface area (Å²) in [6.45, 7) is 0. The van der Waals surface area contributed by atoms with Crippen molar-refractivity contribution in [3.63, 3.8) is 0 Å². The van der Waals surface area contributed by atoms with Crippen molar-refractivity contribution in [2.24, 2.45) is 5.14 Å². The zero-order valence-corrected chi connectivity index (χ0v) is 15.0. The number of nitrogens with two attached hydrogens (primary N) is 1. The summed E-state index contributed by atoms with van der Waals surface area (Å²) in [5.41, 5.74) is 0. The maximum absolute atomic E-state index is 11.6. The molecule has 0 aliphatic rings. The van der Waals surface area contributed by atoms with Gasteiger partial charge in [0, 0.05) is 5.75 Å². The number of hydrogen-bond acceptors (Lipinski definition) is 9. The molecule has 0 saturated carbocycles. The van der Waals surface area contributed by atoms with Crippen molar-refractivity contribution in [1.82, 2.24) is 0 Å². The van der Waals surface area contributed by atoms with Gasteiger partial charge in [0.15, 0.2) is 3.82 Å². The van der Waals surface area contributed by atoms with Crippen LogP contribution < -0.4 is 5.14 Å². The Kier molecular flexibility index (Phi) is 11.0. The summed E-state index contributed by atoms with van der Waals surface area (Å²) in [6, 6.07) is 0. The molecule has 12 heteroatoms. The molecule has 0 heterocycles. The fourth-order valence-corrected chi connectivity index (χ4v) is 14.6. The summed E-state index contributed by atoms with van der Waals surface area (Å²) in [7, 11) is 3.79. The van der Waals surface area contributed by atoms with Crippen LogP contribution in [-0.2, 0) is 4.57 Å². The van der Waals surface area contributed by atoms with E-state index in [1.54, 1.807) is 0 Å². The predicted octanol–water partition coefficient (Wildman–Crippen LogP) is 3.74. The molecule has 0 amide bonds. The van der Waals surface area contributed by atoms with Crippen LogP contribution in [0.25, 0.3) is 0 Å². The summed E-state index contributed by atoms with van der Waals surface area (Å²) < 4.78 is 10.4. The maximum atomic E-state index is 11.6. The normalized spacial score (nSPS) is 13.1. The van der Waals surface area contributed by atoms with Crippen LogP contribution in [0.3, 0.4) is 0 Å². The Balaban J connectivity index is 4.81. The van der Waals surface area contributed by atoms with E-state index in [0.717, 1.165) is 11.9 Å². The van der Waals surface area contributed by atoms with Crippen LogP contribution >= 0.6 is 82.4 Å². The molecule has 0 fully saturated rings. The van der Waals surface area contributed by atoms with Gasteiger partial charge in [-0.25, -0.2) is 0 Å². The average Bonchev–Trinajstić information content (AvgIpc) is 2.20. The van der Waals surface area contributed by atoms with Crippen LogP contribution in [0.15, 0.2) is 0 Å². The first-order valence-electron chi connectivity index (χ1n) is 3.58. The lowest BCUT2D eigenvalue weighted by Crippen LogP contribution is -2.22. The summed E-state index contributed by atoms with van der Waals surface area (Å²) in [6.07, 6.45) is 3.73. The first-order chi connectivity index (χ1) is 7.43. The highest BCUT2D eigenvalue weighted by atomic mass is 33.5. The molecule has 0 unspecified atom stereocenters. The zero-order chi connectivity index (χ0) is 12.7. The zero-order valence-electron chi connectivity index (χ0n) is 8.39. The van der Waals surface area contributed by atoms with Crippen LogP contribution in [0.2, 0.25) is 0 Å². The van der Waals surface area contributed by atoms with Crippen molar-refractivity contribution in [2.45, 2.75) is 3.82 Å². The first-order valence-corrected chi connectivity index (χ1v) is 14.0. The van der Waals surface area contributed by atoms with Crippen LogP contribution in [0, 0.1) is 0 Å². The molecule has 0 aliphatic carbocycles. The third-order valence-corrected chi connectivity index (χ3v) is 15.1. The fourth-order valence-electron chi connectivity index (χ4n) is 0.523. The number of hydrogen-bond donors (Lipinski definition) is 3. The largest absolute Gasteiger partial charge is 0.354 e. The minimum atomic E-state index is -4.23. The Hall–Kier alpha value is 2.56. The van der Waals surface area contributed by atoms with Gasteiger partial charge in [-0.3, -0.25) is 9.70 Å². The minimum Gasteiger partial charge on any atom is -0.323 e. The lowest BCUT2D eigenvalue weighted by molar-refractivity contribution is 0.369. The monoisotopic (exact) mass is 377 g/mol. The molecule has 0 aromatic carbocycles. The Morgan fingerprint density at radius 2 is 1.62 bits per heavy atom. The second-order valence-electron chi connectivity index (χ2n) is 2.20. The van der Waals surface area contributed by atoms with Crippen LogP contribution in [-0.4, -0.2) is 31.9 Å². The van der Waals surface area contributed by atoms with Gasteiger partial charge >= 0.3 is 7.60 Å². The third kappa shape index (κ3) is 6.14. The van der Waals surface area contributed by atoms with Gasteiger partial charge in [0.05, 0.1) is 0 Å². The van der Waals surface area contributed by atoms with Crippen molar-refractivity contribution in [3.05, 3.63) is 0 Å². The topological polar surface area (TPSA) is 83.6 Å². The molecule has 0 rings (SSSR count). The van der Waals surface area contributed by atoms with Gasteiger partial charge in [-0.1, -0.05) is 33.5 Å². The van der Waals surface area contributed by atoms with Crippen molar-refractivity contribution in [1.29, 1.82) is 0 Å². The van der Waals surface area contributed by atoms with Crippen molar-refractivity contribution in [3.8, 4) is 0 Å². The highest BCUT2D eigenvalue weighted by Crippen LogP contribution is 2.71. The first kappa shape index (κ1) is 18.6. The van der Waals surface area contributed by atoms with E-state index in [2.05, 4.69) is 0 Å². The molecule has 0 saturated heterocycles. The molecule has 98 valence electrons. The summed E-state index contributed by atoms with van der Waals surface area (Å²) >= 11 is 0.957. The van der Waals surface area contributed by atoms with Gasteiger partial charge in [-0.2, -0.15) is 0 Å². The molecule has 0 aliphatic heterocycles. The van der Waals surface area contributed by atoms with Gasteiger partial charge in [0.2, 0.25) is 0 Å². The second-order valence-corrected chi connectivity index (χ2v) is 14.5. The molecule has 0 bridgehead atoms. The van der Waals surface area contributed by atoms with Crippen LogP contribution in [0.5, 0.6) is 0 Å². The third-order valence-electron chi connectivity index (χ3n) is 1.17. The summed E-state index contributed by atoms with van der Waals surface area (Å²) in [4.78, 5) is 18.9. The van der Waals surface area contributed by atoms with Gasteiger partial charge in [0.1, 0.15) is 0 Å². The Bertz CT molecular complexity index is 230. The maximum Gasteiger partial charge on any atom is 0.354 e. The molecule has 0 radical (unpaired) electrons. The Morgan fingerprint density at radius 1 is 1.19 bits per heavy atom. The highest BCUT2D eigenvalue weighted by Gasteiger charge is 2.49. The van der Waals surface area contributed by atoms with Gasteiger partial charge in [0.25, 0.3) is 0 Å². The molecule has 0 spiro atoms. The van der Waals surface area contributed by atoms with E-state index in [0.29, 0.717) is 0 Å². The molecule has 4 nitrogen and oxygen atoms in total. The summed E-state index contributed by atoms with van der Waals surface area (Å²) in [5, 5.41) is 5.37. The lowest BCUT2D eigenvalue weighted by Gasteiger charge is -2.30. The molecule has 0 aromatic heterocycles. The smallest absolute Gasteiger partial charge is 0.323 e. The van der Waals surface area contributed by atoms with E-state index >= 15 is 0 Å². The molecule has 0 atom stereocenters. The minimum absolute atomic E-state index is 0.202. The quantitative estimate of drug-likeness (QED) is 0.238. The lowest BCUT2D eigenvalue weighted by atomic mass is 10.9. The number of rotatable bonds is 9. The van der Waals surface area contributed by atoms with Gasteiger partial charge in [-0.05, 0) is 53.8 Å². The SMILES string of the molecule is CSSSC(CSN)(SSSC)P(=O)(O)O. The highest BCUT2D eigenvalue weighted by molar-refractivity contribution is 9.15. The van der Waals surface area contributed by atoms with Gasteiger partial charge in [-0.15, -0.1) is 0 Å². The predicted molar refractivity (Wildman–Crippen MR) is 88.8 cm³/mol. The van der Waals surface area contributed by atoms with Crippen molar-refractivity contribution < 1.29 is 14.4 Å². The van der Waals surface area contributed by atoms with Crippen molar-refractivity contribution in [2.75, 3.05) is 18.3 Å². The standard InChI is InChI=1S/C4H12NO3PS7/c1-10-15-13-4(3-12-5,9(6,7)8)14-16-11-2/h3,5H2,1-2H3,(H2,6,7,8). The van der Waals surface area contributed by atoms with E-state index in [4.69, 9.17) is 5.14 Å². The average molecular weight is 378 g/mol. The van der Waals surface area contributed by atoms with E-state index in [1.807, 2.05) is 12.5 Å². The van der Waals surface area contributed by atoms with E-state index in [9.17, 15) is 14.4 Å². The van der Waals surface area contributed by atoms with Crippen LogP contribution in [0.1, 0.15) is 0 Å². The molecule has 0 aromatic rings. The Labute approximate surface area is 123 Å². The van der Waals surface area contributed by atoms with Gasteiger partial charge < -0.3 is 9.79 Å². The summed E-state index contributed by atoms with van der Waals surface area (Å²) in [5.74, 6) is 0.202. The molecular weight excluding hydrogens is 365 g/mol. The van der Waals surface area contributed by atoms with E-state index in [-0.39, 0.29) is 5.75 Å². The molecule has 4 N–H and O–H groups in total. The second kappa shape index (κ2) is 9.46. The van der Waals surface area contributed by atoms with E-state index < -0.39 is 11.4 Å². The molecule has 16 heavy (non-hydrogen) atoms. The van der Waals surface area contributed by atoms with Crippen LogP contribution in [0.4, 0.5) is 0 Å². The Morgan fingerprint density at radius 3 is 1.88 bits per heavy atom. The van der Waals surface area contributed by atoms with E-state index in [1.165, 1.54) is 62.8 Å². The molecular formula is C4H12NO3PS7. The fraction of sp³-hybridized carbons (Fsp3) is 1.00. The van der Waals surface area contributed by atoms with Crippen molar-refractivity contribution >= 4 is 82.4 Å².